The number of para-hydroxylation sites is 1. The maximum atomic E-state index is 12.3. The second kappa shape index (κ2) is 10.1. The number of fused-ring (bicyclic) bond motifs is 1. The minimum absolute atomic E-state index is 0.0272. The van der Waals surface area contributed by atoms with Crippen LogP contribution in [-0.4, -0.2) is 24.3 Å². The van der Waals surface area contributed by atoms with E-state index in [1.165, 1.54) is 5.56 Å². The number of carbonyl (C=O) groups excluding carboxylic acids is 1. The van der Waals surface area contributed by atoms with Crippen LogP contribution in [0.4, 0.5) is 0 Å². The molecule has 0 saturated carbocycles. The van der Waals surface area contributed by atoms with Crippen molar-refractivity contribution in [3.63, 3.8) is 0 Å². The highest BCUT2D eigenvalue weighted by Gasteiger charge is 2.18. The number of aliphatic hydroxyl groups is 1. The van der Waals surface area contributed by atoms with E-state index in [0.717, 1.165) is 36.7 Å². The van der Waals surface area contributed by atoms with E-state index in [1.807, 2.05) is 24.3 Å². The number of unbranched alkanes of at least 4 members (excludes halogenated alkanes) is 2. The topological polar surface area (TPSA) is 68.9 Å². The van der Waals surface area contributed by atoms with Gasteiger partial charge in [0.2, 0.25) is 0 Å². The number of hydrogen-bond donors (Lipinski definition) is 1. The first-order chi connectivity index (χ1) is 14.1. The Hall–Kier alpha value is -2.79. The lowest BCUT2D eigenvalue weighted by atomic mass is 10.1. The first-order valence-corrected chi connectivity index (χ1v) is 10.2. The maximum Gasteiger partial charge on any atom is 0.341 e. The van der Waals surface area contributed by atoms with Gasteiger partial charge in [0.1, 0.15) is 35.4 Å². The monoisotopic (exact) mass is 396 g/mol. The van der Waals surface area contributed by atoms with Gasteiger partial charge < -0.3 is 19.0 Å². The fourth-order valence-electron chi connectivity index (χ4n) is 3.09. The molecule has 0 aliphatic heterocycles. The van der Waals surface area contributed by atoms with Gasteiger partial charge in [-0.1, -0.05) is 51.0 Å². The van der Waals surface area contributed by atoms with Crippen molar-refractivity contribution in [2.75, 3.05) is 13.2 Å². The van der Waals surface area contributed by atoms with Crippen molar-refractivity contribution in [1.29, 1.82) is 0 Å². The Kier molecular flexibility index (Phi) is 7.30. The van der Waals surface area contributed by atoms with Crippen LogP contribution in [0.3, 0.4) is 0 Å². The second-order valence-electron chi connectivity index (χ2n) is 7.04. The molecule has 154 valence electrons. The van der Waals surface area contributed by atoms with Gasteiger partial charge in [-0.05, 0) is 42.7 Å². The van der Waals surface area contributed by atoms with Crippen LogP contribution in [0.15, 0.2) is 52.9 Å². The van der Waals surface area contributed by atoms with E-state index >= 15 is 0 Å². The summed E-state index contributed by atoms with van der Waals surface area (Å²) < 4.78 is 16.8. The first kappa shape index (κ1) is 20.9. The lowest BCUT2D eigenvalue weighted by molar-refractivity contribution is 0.0485. The van der Waals surface area contributed by atoms with Crippen molar-refractivity contribution in [2.45, 2.75) is 45.6 Å². The van der Waals surface area contributed by atoms with Gasteiger partial charge in [0, 0.05) is 5.39 Å². The largest absolute Gasteiger partial charge is 0.489 e. The number of carbonyl (C=O) groups is 1. The maximum absolute atomic E-state index is 12.3. The smallest absolute Gasteiger partial charge is 0.341 e. The molecule has 5 heteroatoms. The Morgan fingerprint density at radius 3 is 2.72 bits per heavy atom. The zero-order valence-corrected chi connectivity index (χ0v) is 17.0. The van der Waals surface area contributed by atoms with E-state index < -0.39 is 12.1 Å². The summed E-state index contributed by atoms with van der Waals surface area (Å²) in [6, 6.07) is 14.7. The van der Waals surface area contributed by atoms with E-state index in [-0.39, 0.29) is 6.61 Å². The standard InChI is InChI=1S/C24H28O5/c1-3-5-8-13-27-24(26)19-9-6-7-10-21(19)28-16-20(25)23-15-18-12-11-17(4-2)14-22(18)29-23/h6-7,9-12,14-15,20,25H,3-5,8,13,16H2,1-2H3. The van der Waals surface area contributed by atoms with Crippen LogP contribution in [0.25, 0.3) is 11.0 Å². The molecular formula is C24H28O5. The molecule has 0 fully saturated rings. The summed E-state index contributed by atoms with van der Waals surface area (Å²) in [6.07, 6.45) is 2.91. The molecule has 1 atom stereocenters. The zero-order valence-electron chi connectivity index (χ0n) is 17.0. The van der Waals surface area contributed by atoms with Crippen molar-refractivity contribution >= 4 is 16.9 Å². The van der Waals surface area contributed by atoms with Crippen molar-refractivity contribution in [3.05, 3.63) is 65.4 Å². The van der Waals surface area contributed by atoms with E-state index in [9.17, 15) is 9.90 Å². The van der Waals surface area contributed by atoms with Crippen LogP contribution in [0, 0.1) is 0 Å². The molecule has 0 amide bonds. The lowest BCUT2D eigenvalue weighted by Gasteiger charge is -2.13. The molecule has 1 unspecified atom stereocenters. The molecule has 5 nitrogen and oxygen atoms in total. The van der Waals surface area contributed by atoms with Gasteiger partial charge in [-0.2, -0.15) is 0 Å². The number of aryl methyl sites for hydroxylation is 1. The third kappa shape index (κ3) is 5.39. The molecule has 2 aromatic carbocycles. The summed E-state index contributed by atoms with van der Waals surface area (Å²) in [6.45, 7) is 4.55. The van der Waals surface area contributed by atoms with Crippen molar-refractivity contribution in [1.82, 2.24) is 0 Å². The molecule has 3 aromatic rings. The Labute approximate surface area is 171 Å². The number of aliphatic hydroxyl groups excluding tert-OH is 1. The van der Waals surface area contributed by atoms with Crippen LogP contribution in [0.1, 0.15) is 60.9 Å². The van der Waals surface area contributed by atoms with Gasteiger partial charge in [-0.15, -0.1) is 0 Å². The van der Waals surface area contributed by atoms with Crippen molar-refractivity contribution in [2.24, 2.45) is 0 Å². The van der Waals surface area contributed by atoms with Crippen LogP contribution in [0.2, 0.25) is 0 Å². The summed E-state index contributed by atoms with van der Waals surface area (Å²) in [5.74, 6) is 0.409. The molecule has 1 N–H and O–H groups in total. The highest BCUT2D eigenvalue weighted by atomic mass is 16.5. The van der Waals surface area contributed by atoms with Crippen LogP contribution in [-0.2, 0) is 11.2 Å². The number of benzene rings is 2. The number of rotatable bonds is 10. The Balaban J connectivity index is 1.64. The molecule has 1 heterocycles. The quantitative estimate of drug-likeness (QED) is 0.364. The molecular weight excluding hydrogens is 368 g/mol. The minimum atomic E-state index is -0.943. The molecule has 1 aromatic heterocycles. The molecule has 0 bridgehead atoms. The highest BCUT2D eigenvalue weighted by molar-refractivity contribution is 5.92. The number of hydrogen-bond acceptors (Lipinski definition) is 5. The predicted molar refractivity (Wildman–Crippen MR) is 112 cm³/mol. The van der Waals surface area contributed by atoms with Gasteiger partial charge in [-0.3, -0.25) is 0 Å². The van der Waals surface area contributed by atoms with Crippen LogP contribution in [0.5, 0.6) is 5.75 Å². The fourth-order valence-corrected chi connectivity index (χ4v) is 3.09. The fraction of sp³-hybridized carbons (Fsp3) is 0.375. The Bertz CT molecular complexity index is 943. The molecule has 3 rings (SSSR count). The summed E-state index contributed by atoms with van der Waals surface area (Å²) in [5, 5.41) is 11.4. The summed E-state index contributed by atoms with van der Waals surface area (Å²) in [5.41, 5.74) is 2.28. The van der Waals surface area contributed by atoms with Gasteiger partial charge in [0.25, 0.3) is 0 Å². The molecule has 29 heavy (non-hydrogen) atoms. The van der Waals surface area contributed by atoms with Gasteiger partial charge >= 0.3 is 5.97 Å². The van der Waals surface area contributed by atoms with Crippen LogP contribution >= 0.6 is 0 Å². The van der Waals surface area contributed by atoms with E-state index in [4.69, 9.17) is 13.9 Å². The first-order valence-electron chi connectivity index (χ1n) is 10.2. The average molecular weight is 396 g/mol. The number of ether oxygens (including phenoxy) is 2. The van der Waals surface area contributed by atoms with E-state index in [1.54, 1.807) is 24.3 Å². The highest BCUT2D eigenvalue weighted by Crippen LogP contribution is 2.27. The van der Waals surface area contributed by atoms with Crippen molar-refractivity contribution < 1.29 is 23.8 Å². The third-order valence-electron chi connectivity index (χ3n) is 4.82. The second-order valence-corrected chi connectivity index (χ2v) is 7.04. The summed E-state index contributed by atoms with van der Waals surface area (Å²) in [7, 11) is 0. The van der Waals surface area contributed by atoms with Crippen molar-refractivity contribution in [3.8, 4) is 5.75 Å². The SMILES string of the molecule is CCCCCOC(=O)c1ccccc1OCC(O)c1cc2ccc(CC)cc2o1. The average Bonchev–Trinajstić information content (AvgIpc) is 3.18. The van der Waals surface area contributed by atoms with Crippen LogP contribution < -0.4 is 4.74 Å². The third-order valence-corrected chi connectivity index (χ3v) is 4.82. The predicted octanol–water partition coefficient (Wildman–Crippen LogP) is 5.45. The number of furan rings is 1. The zero-order chi connectivity index (χ0) is 20.6. The summed E-state index contributed by atoms with van der Waals surface area (Å²) >= 11 is 0. The molecule has 0 aliphatic rings. The van der Waals surface area contributed by atoms with Gasteiger partial charge in [-0.25, -0.2) is 4.79 Å². The summed E-state index contributed by atoms with van der Waals surface area (Å²) in [4.78, 5) is 12.3. The molecule has 0 spiro atoms. The minimum Gasteiger partial charge on any atom is -0.489 e. The normalized spacial score (nSPS) is 12.1. The Morgan fingerprint density at radius 1 is 1.10 bits per heavy atom. The van der Waals surface area contributed by atoms with E-state index in [2.05, 4.69) is 13.8 Å². The van der Waals surface area contributed by atoms with Gasteiger partial charge in [0.15, 0.2) is 0 Å². The molecule has 0 saturated heterocycles. The van der Waals surface area contributed by atoms with Gasteiger partial charge in [0.05, 0.1) is 6.61 Å². The number of esters is 1. The van der Waals surface area contributed by atoms with E-state index in [0.29, 0.717) is 23.7 Å². The lowest BCUT2D eigenvalue weighted by Crippen LogP contribution is -2.13. The molecule has 0 aliphatic carbocycles. The molecule has 0 radical (unpaired) electrons. The Morgan fingerprint density at radius 2 is 1.93 bits per heavy atom.